The van der Waals surface area contributed by atoms with E-state index in [1.54, 1.807) is 6.33 Å². The van der Waals surface area contributed by atoms with Gasteiger partial charge in [0, 0.05) is 31.7 Å². The molecule has 0 atom stereocenters. The third-order valence-corrected chi connectivity index (χ3v) is 5.59. The summed E-state index contributed by atoms with van der Waals surface area (Å²) in [5.41, 5.74) is 2.61. The molecule has 2 aromatic carbocycles. The third kappa shape index (κ3) is 4.56. The Labute approximate surface area is 185 Å². The van der Waals surface area contributed by atoms with E-state index in [0.29, 0.717) is 30.1 Å². The lowest BCUT2D eigenvalue weighted by molar-refractivity contribution is 0.0322. The van der Waals surface area contributed by atoms with Crippen LogP contribution in [0.2, 0.25) is 0 Å². The quantitative estimate of drug-likeness (QED) is 0.484. The Morgan fingerprint density at radius 2 is 1.81 bits per heavy atom. The molecule has 0 bridgehead atoms. The van der Waals surface area contributed by atoms with E-state index in [1.165, 1.54) is 0 Å². The lowest BCUT2D eigenvalue weighted by atomic mass is 10.2. The van der Waals surface area contributed by atoms with Gasteiger partial charge in [0.15, 0.2) is 11.2 Å². The molecule has 32 heavy (non-hydrogen) atoms. The lowest BCUT2D eigenvalue weighted by Crippen LogP contribution is -2.38. The van der Waals surface area contributed by atoms with Gasteiger partial charge < -0.3 is 19.0 Å². The van der Waals surface area contributed by atoms with Crippen LogP contribution < -0.4 is 10.3 Å². The van der Waals surface area contributed by atoms with E-state index >= 15 is 0 Å². The number of ether oxygens (including phenoxy) is 2. The van der Waals surface area contributed by atoms with Crippen LogP contribution in [0.15, 0.2) is 65.7 Å². The second kappa shape index (κ2) is 9.33. The van der Waals surface area contributed by atoms with Crippen molar-refractivity contribution in [1.82, 2.24) is 24.4 Å². The van der Waals surface area contributed by atoms with E-state index in [2.05, 4.69) is 19.9 Å². The molecule has 0 amide bonds. The number of morpholine rings is 1. The zero-order chi connectivity index (χ0) is 21.8. The number of nitrogens with one attached hydrogen (secondary N) is 1. The van der Waals surface area contributed by atoms with Crippen LogP contribution in [0.25, 0.3) is 22.6 Å². The first kappa shape index (κ1) is 20.4. The molecule has 1 N–H and O–H groups in total. The van der Waals surface area contributed by atoms with Crippen molar-refractivity contribution in [3.63, 3.8) is 0 Å². The molecule has 1 fully saturated rings. The molecule has 0 saturated carbocycles. The van der Waals surface area contributed by atoms with Crippen LogP contribution in [0, 0.1) is 0 Å². The highest BCUT2D eigenvalue weighted by Crippen LogP contribution is 2.20. The van der Waals surface area contributed by atoms with Gasteiger partial charge in [0.05, 0.1) is 19.5 Å². The van der Waals surface area contributed by atoms with Gasteiger partial charge in [-0.15, -0.1) is 0 Å². The van der Waals surface area contributed by atoms with Gasteiger partial charge >= 0.3 is 0 Å². The van der Waals surface area contributed by atoms with Crippen LogP contribution in [0.4, 0.5) is 0 Å². The summed E-state index contributed by atoms with van der Waals surface area (Å²) in [7, 11) is 0. The van der Waals surface area contributed by atoms with Crippen molar-refractivity contribution in [3.05, 3.63) is 76.8 Å². The van der Waals surface area contributed by atoms with Crippen LogP contribution in [0.3, 0.4) is 0 Å². The van der Waals surface area contributed by atoms with Gasteiger partial charge in [0.25, 0.3) is 5.56 Å². The smallest absolute Gasteiger partial charge is 0.277 e. The Morgan fingerprint density at radius 1 is 1.03 bits per heavy atom. The molecule has 5 rings (SSSR count). The number of aromatic nitrogens is 4. The number of nitrogens with zero attached hydrogens (tertiary/aromatic N) is 4. The van der Waals surface area contributed by atoms with Gasteiger partial charge in [-0.1, -0.05) is 30.3 Å². The average Bonchev–Trinajstić information content (AvgIpc) is 3.24. The van der Waals surface area contributed by atoms with Crippen molar-refractivity contribution in [3.8, 4) is 17.1 Å². The first-order valence-electron chi connectivity index (χ1n) is 10.8. The van der Waals surface area contributed by atoms with Crippen LogP contribution in [0.1, 0.15) is 5.56 Å². The van der Waals surface area contributed by atoms with Crippen molar-refractivity contribution in [2.75, 3.05) is 39.5 Å². The fourth-order valence-electron chi connectivity index (χ4n) is 3.85. The fourth-order valence-corrected chi connectivity index (χ4v) is 3.85. The van der Waals surface area contributed by atoms with Crippen molar-refractivity contribution in [1.29, 1.82) is 0 Å². The fraction of sp³-hybridized carbons (Fsp3) is 0.292. The molecule has 164 valence electrons. The number of rotatable bonds is 7. The summed E-state index contributed by atoms with van der Waals surface area (Å²) in [4.78, 5) is 27.0. The Balaban J connectivity index is 1.28. The summed E-state index contributed by atoms with van der Waals surface area (Å²) in [5.74, 6) is 1.28. The van der Waals surface area contributed by atoms with Gasteiger partial charge in [0.1, 0.15) is 18.2 Å². The molecule has 1 aliphatic heterocycles. The van der Waals surface area contributed by atoms with E-state index < -0.39 is 0 Å². The lowest BCUT2D eigenvalue weighted by Gasteiger charge is -2.26. The van der Waals surface area contributed by atoms with Gasteiger partial charge in [-0.05, 0) is 29.8 Å². The standard InChI is InChI=1S/C24H25N5O3/c30-24-21-23(25-17-29(21)16-18-4-2-1-3-5-18)26-22(27-24)19-6-8-20(9-7-19)32-15-12-28-10-13-31-14-11-28/h1-9,17H,10-16H2,(H,26,27,30). The summed E-state index contributed by atoms with van der Waals surface area (Å²) in [6.07, 6.45) is 1.66. The summed E-state index contributed by atoms with van der Waals surface area (Å²) in [6.45, 7) is 5.54. The first-order chi connectivity index (χ1) is 15.8. The molecule has 8 heteroatoms. The van der Waals surface area contributed by atoms with Crippen LogP contribution in [-0.2, 0) is 11.3 Å². The minimum atomic E-state index is -0.204. The molecule has 2 aromatic heterocycles. The molecule has 0 unspecified atom stereocenters. The number of H-pyrrole nitrogens is 1. The maximum absolute atomic E-state index is 12.8. The first-order valence-corrected chi connectivity index (χ1v) is 10.8. The molecule has 0 aliphatic carbocycles. The maximum atomic E-state index is 12.8. The van der Waals surface area contributed by atoms with Crippen LogP contribution in [-0.4, -0.2) is 63.9 Å². The van der Waals surface area contributed by atoms with Gasteiger partial charge in [-0.25, -0.2) is 9.97 Å². The van der Waals surface area contributed by atoms with E-state index in [0.717, 1.165) is 49.7 Å². The highest BCUT2D eigenvalue weighted by Gasteiger charge is 2.13. The Hall–Kier alpha value is -3.49. The Morgan fingerprint density at radius 3 is 2.59 bits per heavy atom. The molecule has 1 saturated heterocycles. The van der Waals surface area contributed by atoms with E-state index in [1.807, 2.05) is 59.2 Å². The molecule has 0 radical (unpaired) electrons. The van der Waals surface area contributed by atoms with E-state index in [9.17, 15) is 4.79 Å². The molecular formula is C24H25N5O3. The van der Waals surface area contributed by atoms with Crippen molar-refractivity contribution in [2.45, 2.75) is 6.54 Å². The predicted molar refractivity (Wildman–Crippen MR) is 122 cm³/mol. The van der Waals surface area contributed by atoms with Gasteiger partial charge in [0.2, 0.25) is 0 Å². The molecular weight excluding hydrogens is 406 g/mol. The number of hydrogen-bond acceptors (Lipinski definition) is 6. The number of benzene rings is 2. The molecule has 4 aromatic rings. The summed E-state index contributed by atoms with van der Waals surface area (Å²) in [6, 6.07) is 17.6. The topological polar surface area (TPSA) is 85.3 Å². The van der Waals surface area contributed by atoms with Crippen molar-refractivity contribution >= 4 is 11.2 Å². The zero-order valence-corrected chi connectivity index (χ0v) is 17.7. The van der Waals surface area contributed by atoms with E-state index in [-0.39, 0.29) is 5.56 Å². The van der Waals surface area contributed by atoms with Crippen molar-refractivity contribution < 1.29 is 9.47 Å². The Kier molecular flexibility index (Phi) is 5.96. The van der Waals surface area contributed by atoms with Crippen LogP contribution >= 0.6 is 0 Å². The van der Waals surface area contributed by atoms with E-state index in [4.69, 9.17) is 9.47 Å². The summed E-state index contributed by atoms with van der Waals surface area (Å²) < 4.78 is 13.1. The largest absolute Gasteiger partial charge is 0.492 e. The van der Waals surface area contributed by atoms with Crippen LogP contribution in [0.5, 0.6) is 5.75 Å². The molecule has 0 spiro atoms. The predicted octanol–water partition coefficient (Wildman–Crippen LogP) is 2.55. The second-order valence-corrected chi connectivity index (χ2v) is 7.77. The average molecular weight is 431 g/mol. The third-order valence-electron chi connectivity index (χ3n) is 5.59. The number of aromatic amines is 1. The van der Waals surface area contributed by atoms with Gasteiger partial charge in [-0.3, -0.25) is 9.69 Å². The summed E-state index contributed by atoms with van der Waals surface area (Å²) in [5, 5.41) is 0. The number of fused-ring (bicyclic) bond motifs is 1. The molecule has 8 nitrogen and oxygen atoms in total. The highest BCUT2D eigenvalue weighted by molar-refractivity contribution is 5.72. The second-order valence-electron chi connectivity index (χ2n) is 7.77. The molecule has 3 heterocycles. The normalized spacial score (nSPS) is 14.6. The number of hydrogen-bond donors (Lipinski definition) is 1. The van der Waals surface area contributed by atoms with Crippen molar-refractivity contribution in [2.24, 2.45) is 0 Å². The summed E-state index contributed by atoms with van der Waals surface area (Å²) >= 11 is 0. The SMILES string of the molecule is O=c1[nH]c(-c2ccc(OCCN3CCOCC3)cc2)nc2ncn(Cc3ccccc3)c12. The minimum absolute atomic E-state index is 0.204. The minimum Gasteiger partial charge on any atom is -0.492 e. The number of imidazole rings is 1. The maximum Gasteiger partial charge on any atom is 0.277 e. The highest BCUT2D eigenvalue weighted by atomic mass is 16.5. The molecule has 1 aliphatic rings. The Bertz CT molecular complexity index is 1230. The monoisotopic (exact) mass is 431 g/mol. The zero-order valence-electron chi connectivity index (χ0n) is 17.7. The van der Waals surface area contributed by atoms with Gasteiger partial charge in [-0.2, -0.15) is 0 Å².